The third kappa shape index (κ3) is 5.03. The average Bonchev–Trinajstić information content (AvgIpc) is 3.21. The number of hydrogen-bond acceptors (Lipinski definition) is 2. The fourth-order valence-electron chi connectivity index (χ4n) is 5.81. The van der Waals surface area contributed by atoms with Crippen LogP contribution in [0.1, 0.15) is 104 Å². The van der Waals surface area contributed by atoms with Crippen molar-refractivity contribution in [3.63, 3.8) is 0 Å². The first-order valence-electron chi connectivity index (χ1n) is 12.4. The number of rotatable bonds is 0. The maximum Gasteiger partial charge on any atom is 0.191 e. The topological polar surface area (TPSA) is 40.5 Å². The molecule has 0 heterocycles. The molecule has 4 rings (SSSR count). The second kappa shape index (κ2) is 11.6. The number of hydrogen-bond donors (Lipinski definition) is 2. The molecular weight excluding hydrogens is 567 g/mol. The van der Waals surface area contributed by atoms with Crippen LogP contribution in [0.15, 0.2) is 22.7 Å². The molecule has 0 saturated heterocycles. The van der Waals surface area contributed by atoms with Gasteiger partial charge in [0.15, 0.2) is 22.3 Å². The summed E-state index contributed by atoms with van der Waals surface area (Å²) in [7, 11) is 0. The first-order valence-corrected chi connectivity index (χ1v) is 12.4. The molecule has 0 aromatic rings. The molecular formula is C32H47O2Sm+. The molecule has 2 atom stereocenters. The van der Waals surface area contributed by atoms with E-state index < -0.39 is 10.8 Å². The van der Waals surface area contributed by atoms with Crippen LogP contribution < -0.4 is 0 Å². The van der Waals surface area contributed by atoms with Gasteiger partial charge in [0.05, 0.1) is 6.92 Å². The van der Waals surface area contributed by atoms with Gasteiger partial charge in [0, 0.05) is 40.4 Å². The van der Waals surface area contributed by atoms with E-state index in [0.29, 0.717) is 0 Å². The molecule has 3 heteroatoms. The van der Waals surface area contributed by atoms with Crippen LogP contribution in [0.25, 0.3) is 0 Å². The van der Waals surface area contributed by atoms with Crippen molar-refractivity contribution in [2.75, 3.05) is 0 Å². The van der Waals surface area contributed by atoms with Gasteiger partial charge in [0.1, 0.15) is 5.92 Å². The first kappa shape index (κ1) is 33.3. The molecule has 10 radical (unpaired) electrons. The zero-order chi connectivity index (χ0) is 26.7. The predicted octanol–water partition coefficient (Wildman–Crippen LogP) is 9.23. The summed E-state index contributed by atoms with van der Waals surface area (Å²) in [6, 6.07) is 0. The Morgan fingerprint density at radius 1 is 0.429 bits per heavy atom. The summed E-state index contributed by atoms with van der Waals surface area (Å²) in [4.78, 5) is 0. The van der Waals surface area contributed by atoms with Gasteiger partial charge in [-0.2, -0.15) is 0 Å². The van der Waals surface area contributed by atoms with E-state index in [-0.39, 0.29) is 51.9 Å². The van der Waals surface area contributed by atoms with E-state index in [2.05, 4.69) is 69.2 Å². The van der Waals surface area contributed by atoms with Gasteiger partial charge in [0.2, 0.25) is 0 Å². The van der Waals surface area contributed by atoms with E-state index in [1.54, 1.807) is 0 Å². The summed E-state index contributed by atoms with van der Waals surface area (Å²) in [5.74, 6) is 16.1. The van der Waals surface area contributed by atoms with E-state index in [1.165, 1.54) is 70.3 Å². The molecule has 2 fully saturated rings. The van der Waals surface area contributed by atoms with Crippen LogP contribution in [-0.2, 0) is 0 Å². The van der Waals surface area contributed by atoms with Gasteiger partial charge in [0.25, 0.3) is 0 Å². The Balaban J connectivity index is 0.000000265. The molecule has 0 spiro atoms. The van der Waals surface area contributed by atoms with Gasteiger partial charge in [-0.3, -0.25) is 0 Å². The largest absolute Gasteiger partial charge is 0.504 e. The van der Waals surface area contributed by atoms with Gasteiger partial charge in [-0.1, -0.05) is 69.2 Å². The molecule has 2 bridgehead atoms. The van der Waals surface area contributed by atoms with Gasteiger partial charge < -0.3 is 10.2 Å². The van der Waals surface area contributed by atoms with Gasteiger partial charge >= 0.3 is 0 Å². The molecule has 2 saturated carbocycles. The zero-order valence-corrected chi connectivity index (χ0v) is 27.4. The van der Waals surface area contributed by atoms with E-state index in [0.717, 1.165) is 5.92 Å². The molecule has 4 aliphatic carbocycles. The Morgan fingerprint density at radius 3 is 0.686 bits per heavy atom. The third-order valence-corrected chi connectivity index (χ3v) is 10.4. The Kier molecular flexibility index (Phi) is 11.0. The van der Waals surface area contributed by atoms with Crippen molar-refractivity contribution in [3.05, 3.63) is 87.8 Å². The van der Waals surface area contributed by atoms with Crippen LogP contribution in [-0.4, -0.2) is 10.2 Å². The molecule has 2 N–H and O–H groups in total. The van der Waals surface area contributed by atoms with Crippen molar-refractivity contribution in [3.8, 4) is 0 Å². The van der Waals surface area contributed by atoms with Gasteiger partial charge in [-0.25, -0.2) is 0 Å². The maximum absolute atomic E-state index is 9.95. The minimum Gasteiger partial charge on any atom is -0.504 e. The minimum absolute atomic E-state index is 0. The molecule has 0 amide bonds. The summed E-state index contributed by atoms with van der Waals surface area (Å²) < 4.78 is 0. The monoisotopic (exact) mass is 615 g/mol. The van der Waals surface area contributed by atoms with E-state index in [4.69, 9.17) is 0 Å². The molecule has 0 aromatic carbocycles. The van der Waals surface area contributed by atoms with Crippen molar-refractivity contribution < 1.29 is 50.6 Å². The average molecular weight is 614 g/mol. The van der Waals surface area contributed by atoms with Crippen molar-refractivity contribution in [2.24, 2.45) is 10.8 Å². The molecule has 0 aromatic heterocycles. The van der Waals surface area contributed by atoms with Crippen LogP contribution in [0.5, 0.6) is 0 Å². The Labute approximate surface area is 251 Å². The maximum atomic E-state index is 9.95. The van der Waals surface area contributed by atoms with Crippen molar-refractivity contribution in [1.29, 1.82) is 0 Å². The quantitative estimate of drug-likeness (QED) is 0.211. The summed E-state index contributed by atoms with van der Waals surface area (Å²) in [5, 5.41) is 19.9. The van der Waals surface area contributed by atoms with E-state index >= 15 is 0 Å². The summed E-state index contributed by atoms with van der Waals surface area (Å²) in [5.41, 5.74) is 1.49. The molecule has 2 nitrogen and oxygen atoms in total. The second-order valence-electron chi connectivity index (χ2n) is 11.1. The Hall–Kier alpha value is 0.288. The standard InChI is InChI=1S/C12H16O2.2C10H15.Sm/c1-6-7(2)12(5)8(3)11(6,4)9(13)10(12)14;2*1-6-7(2)9(4)10(5)8(6)3;/h1-5H3,(H-,13,14);2*1-5H3;/p+1/t11-,12+;;;. The van der Waals surface area contributed by atoms with Crippen molar-refractivity contribution >= 4 is 0 Å². The van der Waals surface area contributed by atoms with Crippen molar-refractivity contribution in [2.45, 2.75) is 104 Å². The van der Waals surface area contributed by atoms with Crippen molar-refractivity contribution in [1.82, 2.24) is 0 Å². The molecule has 0 aliphatic heterocycles. The number of aliphatic hydroxyl groups is 2. The smallest absolute Gasteiger partial charge is 0.191 e. The fraction of sp³-hybridized carbons (Fsp3) is 0.531. The SMILES string of the molecule is CC1=C(C)[C@]2(C)C(O)=C(O)[C@@]1(C)[C+]2C.C[C]1[C](C)[C](C)[C](C)[C]1C.C[C]1[C](C)[C](C)[C](C)[C]1C.[Sm]. The number of fused-ring (bicyclic) bond motifs is 2. The van der Waals surface area contributed by atoms with Crippen LogP contribution in [0, 0.1) is 116 Å². The summed E-state index contributed by atoms with van der Waals surface area (Å²) in [6.45, 7) is 32.0. The first-order chi connectivity index (χ1) is 15.4. The van der Waals surface area contributed by atoms with Crippen LogP contribution in [0.4, 0.5) is 0 Å². The van der Waals surface area contributed by atoms with Gasteiger partial charge in [-0.15, -0.1) is 0 Å². The molecule has 35 heavy (non-hydrogen) atoms. The third-order valence-electron chi connectivity index (χ3n) is 10.4. The Bertz CT molecular complexity index is 631. The van der Waals surface area contributed by atoms with Crippen LogP contribution >= 0.6 is 0 Å². The predicted molar refractivity (Wildman–Crippen MR) is 145 cm³/mol. The molecule has 4 aliphatic rings. The number of aliphatic hydroxyl groups excluding tert-OH is 2. The summed E-state index contributed by atoms with van der Waals surface area (Å²) in [6.07, 6.45) is 0. The number of allylic oxidation sites excluding steroid dienone is 2. The summed E-state index contributed by atoms with van der Waals surface area (Å²) >= 11 is 0. The van der Waals surface area contributed by atoms with E-state index in [9.17, 15) is 10.2 Å². The van der Waals surface area contributed by atoms with Gasteiger partial charge in [-0.05, 0) is 98.0 Å². The van der Waals surface area contributed by atoms with Crippen LogP contribution in [0.2, 0.25) is 0 Å². The zero-order valence-electron chi connectivity index (χ0n) is 24.8. The normalized spacial score (nSPS) is 32.9. The fourth-order valence-corrected chi connectivity index (χ4v) is 5.81. The minimum atomic E-state index is -0.428. The molecule has 192 valence electrons. The van der Waals surface area contributed by atoms with E-state index in [1.807, 2.05) is 34.6 Å². The molecule has 0 unspecified atom stereocenters. The Morgan fingerprint density at radius 2 is 0.571 bits per heavy atom. The van der Waals surface area contributed by atoms with Crippen LogP contribution in [0.3, 0.4) is 0 Å². The second-order valence-corrected chi connectivity index (χ2v) is 11.1.